The summed E-state index contributed by atoms with van der Waals surface area (Å²) in [5.41, 5.74) is 2.45. The largest absolute Gasteiger partial charge is 0.495 e. The van der Waals surface area contributed by atoms with Crippen molar-refractivity contribution in [1.82, 2.24) is 4.98 Å². The minimum absolute atomic E-state index is 0.802. The van der Waals surface area contributed by atoms with Crippen molar-refractivity contribution >= 4 is 11.3 Å². The number of aryl methyl sites for hydroxylation is 2. The number of thiophene rings is 1. The van der Waals surface area contributed by atoms with Crippen LogP contribution in [0.25, 0.3) is 10.4 Å². The van der Waals surface area contributed by atoms with Crippen LogP contribution in [0.5, 0.6) is 5.75 Å². The number of hydrogen-bond acceptors (Lipinski definition) is 3. The monoisotopic (exact) mass is 219 g/mol. The van der Waals surface area contributed by atoms with Gasteiger partial charge in [-0.3, -0.25) is 4.98 Å². The van der Waals surface area contributed by atoms with Crippen LogP contribution in [0.1, 0.15) is 10.4 Å². The van der Waals surface area contributed by atoms with E-state index in [0.29, 0.717) is 0 Å². The van der Waals surface area contributed by atoms with E-state index in [1.807, 2.05) is 12.3 Å². The molecule has 0 saturated heterocycles. The van der Waals surface area contributed by atoms with Gasteiger partial charge in [0.25, 0.3) is 0 Å². The minimum atomic E-state index is 0.802. The molecule has 0 bridgehead atoms. The Bertz CT molecular complexity index is 457. The molecule has 15 heavy (non-hydrogen) atoms. The molecule has 0 saturated carbocycles. The summed E-state index contributed by atoms with van der Waals surface area (Å²) in [6.07, 6.45) is 3.59. The molecule has 0 aromatic carbocycles. The molecule has 0 aliphatic heterocycles. The molecule has 0 spiro atoms. The summed E-state index contributed by atoms with van der Waals surface area (Å²) in [5.74, 6) is 0.802. The molecule has 0 fully saturated rings. The van der Waals surface area contributed by atoms with E-state index >= 15 is 0 Å². The molecule has 78 valence electrons. The van der Waals surface area contributed by atoms with Gasteiger partial charge >= 0.3 is 0 Å². The van der Waals surface area contributed by atoms with Crippen LogP contribution in [0.3, 0.4) is 0 Å². The van der Waals surface area contributed by atoms with Gasteiger partial charge in [-0.15, -0.1) is 11.3 Å². The first-order chi connectivity index (χ1) is 7.20. The molecule has 2 aromatic heterocycles. The normalized spacial score (nSPS) is 10.3. The molecule has 2 rings (SSSR count). The van der Waals surface area contributed by atoms with Gasteiger partial charge in [0.2, 0.25) is 0 Å². The van der Waals surface area contributed by atoms with E-state index in [0.717, 1.165) is 11.3 Å². The Hall–Kier alpha value is -1.35. The zero-order chi connectivity index (χ0) is 10.8. The van der Waals surface area contributed by atoms with Gasteiger partial charge in [0, 0.05) is 21.5 Å². The lowest BCUT2D eigenvalue weighted by Gasteiger charge is -2.00. The van der Waals surface area contributed by atoms with E-state index in [1.54, 1.807) is 24.6 Å². The molecule has 2 nitrogen and oxygen atoms in total. The van der Waals surface area contributed by atoms with Crippen molar-refractivity contribution in [3.8, 4) is 16.2 Å². The van der Waals surface area contributed by atoms with Gasteiger partial charge < -0.3 is 4.74 Å². The Kier molecular flexibility index (Phi) is 2.73. The predicted octanol–water partition coefficient (Wildman–Crippen LogP) is 3.44. The highest BCUT2D eigenvalue weighted by Crippen LogP contribution is 2.31. The number of hydrogen-bond donors (Lipinski definition) is 0. The van der Waals surface area contributed by atoms with Gasteiger partial charge in [0.15, 0.2) is 0 Å². The molecule has 0 amide bonds. The zero-order valence-electron chi connectivity index (χ0n) is 9.07. The van der Waals surface area contributed by atoms with Gasteiger partial charge in [-0.2, -0.15) is 0 Å². The van der Waals surface area contributed by atoms with Crippen LogP contribution in [0.15, 0.2) is 24.5 Å². The Morgan fingerprint density at radius 1 is 1.20 bits per heavy atom. The van der Waals surface area contributed by atoms with E-state index in [-0.39, 0.29) is 0 Å². The van der Waals surface area contributed by atoms with E-state index in [9.17, 15) is 0 Å². The number of rotatable bonds is 2. The van der Waals surface area contributed by atoms with Crippen LogP contribution in [0.2, 0.25) is 0 Å². The molecule has 0 aliphatic rings. The SMILES string of the molecule is COc1cncc(-c2cc(C)c(C)s2)c1. The summed E-state index contributed by atoms with van der Waals surface area (Å²) in [4.78, 5) is 6.75. The molecular weight excluding hydrogens is 206 g/mol. The van der Waals surface area contributed by atoms with Gasteiger partial charge in [0.05, 0.1) is 13.3 Å². The molecule has 2 aromatic rings. The van der Waals surface area contributed by atoms with Crippen LogP contribution in [-0.4, -0.2) is 12.1 Å². The van der Waals surface area contributed by atoms with Crippen LogP contribution in [0, 0.1) is 13.8 Å². The van der Waals surface area contributed by atoms with Gasteiger partial charge in [-0.25, -0.2) is 0 Å². The summed E-state index contributed by atoms with van der Waals surface area (Å²) in [5, 5.41) is 0. The van der Waals surface area contributed by atoms with Crippen LogP contribution in [-0.2, 0) is 0 Å². The second kappa shape index (κ2) is 4.03. The smallest absolute Gasteiger partial charge is 0.137 e. The second-order valence-electron chi connectivity index (χ2n) is 3.46. The summed E-state index contributed by atoms with van der Waals surface area (Å²) < 4.78 is 5.16. The fraction of sp³-hybridized carbons (Fsp3) is 0.250. The van der Waals surface area contributed by atoms with Gasteiger partial charge in [-0.05, 0) is 31.5 Å². The van der Waals surface area contributed by atoms with E-state index in [2.05, 4.69) is 24.9 Å². The standard InChI is InChI=1S/C12H13NOS/c1-8-4-12(15-9(8)2)10-5-11(14-3)7-13-6-10/h4-7H,1-3H3. The summed E-state index contributed by atoms with van der Waals surface area (Å²) >= 11 is 1.79. The maximum atomic E-state index is 5.16. The van der Waals surface area contributed by atoms with Crippen molar-refractivity contribution in [1.29, 1.82) is 0 Å². The molecule has 0 radical (unpaired) electrons. The molecule has 3 heteroatoms. The summed E-state index contributed by atoms with van der Waals surface area (Å²) in [6, 6.07) is 4.20. The summed E-state index contributed by atoms with van der Waals surface area (Å²) in [7, 11) is 1.66. The first kappa shape index (κ1) is 10.2. The molecule has 0 N–H and O–H groups in total. The summed E-state index contributed by atoms with van der Waals surface area (Å²) in [6.45, 7) is 4.26. The highest BCUT2D eigenvalue weighted by atomic mass is 32.1. The van der Waals surface area contributed by atoms with Crippen molar-refractivity contribution in [3.05, 3.63) is 35.0 Å². The fourth-order valence-corrected chi connectivity index (χ4v) is 2.40. The average molecular weight is 219 g/mol. The Labute approximate surface area is 93.6 Å². The maximum absolute atomic E-state index is 5.16. The second-order valence-corrected chi connectivity index (χ2v) is 4.72. The lowest BCUT2D eigenvalue weighted by atomic mass is 10.2. The highest BCUT2D eigenvalue weighted by molar-refractivity contribution is 7.15. The third kappa shape index (κ3) is 2.02. The first-order valence-corrected chi connectivity index (χ1v) is 5.59. The van der Waals surface area contributed by atoms with E-state index in [4.69, 9.17) is 4.74 Å². The van der Waals surface area contributed by atoms with E-state index < -0.39 is 0 Å². The van der Waals surface area contributed by atoms with Crippen LogP contribution in [0.4, 0.5) is 0 Å². The lowest BCUT2D eigenvalue weighted by molar-refractivity contribution is 0.413. The lowest BCUT2D eigenvalue weighted by Crippen LogP contribution is -1.84. The molecule has 2 heterocycles. The molecule has 0 aliphatic carbocycles. The van der Waals surface area contributed by atoms with E-state index in [1.165, 1.54) is 15.3 Å². The third-order valence-electron chi connectivity index (χ3n) is 2.40. The minimum Gasteiger partial charge on any atom is -0.495 e. The van der Waals surface area contributed by atoms with Crippen molar-refractivity contribution in [2.45, 2.75) is 13.8 Å². The van der Waals surface area contributed by atoms with Crippen LogP contribution >= 0.6 is 11.3 Å². The average Bonchev–Trinajstić information content (AvgIpc) is 2.59. The van der Waals surface area contributed by atoms with Gasteiger partial charge in [0.1, 0.15) is 5.75 Å². The molecular formula is C12H13NOS. The molecule has 0 unspecified atom stereocenters. The van der Waals surface area contributed by atoms with Crippen molar-refractivity contribution in [2.75, 3.05) is 7.11 Å². The fourth-order valence-electron chi connectivity index (χ4n) is 1.38. The third-order valence-corrected chi connectivity index (χ3v) is 3.60. The van der Waals surface area contributed by atoms with Crippen LogP contribution < -0.4 is 4.74 Å². The number of ether oxygens (including phenoxy) is 1. The topological polar surface area (TPSA) is 22.1 Å². The van der Waals surface area contributed by atoms with Crippen molar-refractivity contribution in [3.63, 3.8) is 0 Å². The maximum Gasteiger partial charge on any atom is 0.137 e. The number of nitrogens with zero attached hydrogens (tertiary/aromatic N) is 1. The Balaban J connectivity index is 2.44. The quantitative estimate of drug-likeness (QED) is 0.772. The van der Waals surface area contributed by atoms with Crippen molar-refractivity contribution in [2.24, 2.45) is 0 Å². The van der Waals surface area contributed by atoms with Crippen molar-refractivity contribution < 1.29 is 4.74 Å². The highest BCUT2D eigenvalue weighted by Gasteiger charge is 2.05. The predicted molar refractivity (Wildman–Crippen MR) is 63.6 cm³/mol. The number of aromatic nitrogens is 1. The number of methoxy groups -OCH3 is 1. The number of pyridine rings is 1. The Morgan fingerprint density at radius 3 is 2.60 bits per heavy atom. The Morgan fingerprint density at radius 2 is 2.00 bits per heavy atom. The van der Waals surface area contributed by atoms with Gasteiger partial charge in [-0.1, -0.05) is 0 Å². The zero-order valence-corrected chi connectivity index (χ0v) is 9.89. The first-order valence-electron chi connectivity index (χ1n) is 4.77. The molecule has 0 atom stereocenters.